The predicted octanol–water partition coefficient (Wildman–Crippen LogP) is 2.75. The quantitative estimate of drug-likeness (QED) is 0.543. The van der Waals surface area contributed by atoms with Crippen molar-refractivity contribution >= 4 is 12.1 Å². The molecule has 0 aromatic rings. The van der Waals surface area contributed by atoms with Crippen LogP contribution in [0.5, 0.6) is 0 Å². The normalized spacial score (nSPS) is 12.5. The number of aldehydes is 1. The Hall–Kier alpha value is -0.660. The van der Waals surface area contributed by atoms with Crippen molar-refractivity contribution in [1.29, 1.82) is 0 Å². The Balaban J connectivity index is 3.77. The van der Waals surface area contributed by atoms with Gasteiger partial charge in [0.05, 0.1) is 0 Å². The Kier molecular flexibility index (Phi) is 7.56. The number of unbranched alkanes of at least 4 members (excludes halogenated alkanes) is 1. The van der Waals surface area contributed by atoms with Crippen molar-refractivity contribution < 1.29 is 9.59 Å². The summed E-state index contributed by atoms with van der Waals surface area (Å²) in [4.78, 5) is 21.6. The number of hydrogen-bond donors (Lipinski definition) is 0. The summed E-state index contributed by atoms with van der Waals surface area (Å²) in [7, 11) is 0. The van der Waals surface area contributed by atoms with Gasteiger partial charge in [0.2, 0.25) is 0 Å². The van der Waals surface area contributed by atoms with Gasteiger partial charge in [-0.1, -0.05) is 26.7 Å². The molecule has 0 saturated carbocycles. The molecule has 0 bridgehead atoms. The Morgan fingerprint density at radius 3 is 2.54 bits per heavy atom. The highest BCUT2D eigenvalue weighted by Gasteiger charge is 2.14. The molecule has 0 rings (SSSR count). The average Bonchev–Trinajstić information content (AvgIpc) is 2.16. The van der Waals surface area contributed by atoms with Gasteiger partial charge in [0.1, 0.15) is 12.1 Å². The second kappa shape index (κ2) is 7.96. The zero-order valence-corrected chi connectivity index (χ0v) is 8.71. The largest absolute Gasteiger partial charge is 0.303 e. The molecule has 0 aromatic carbocycles. The molecule has 1 unspecified atom stereocenters. The van der Waals surface area contributed by atoms with Crippen LogP contribution in [0.15, 0.2) is 0 Å². The number of Topliss-reactive ketones (excluding diaryl/α,β-unsaturated/α-hetero) is 1. The van der Waals surface area contributed by atoms with Crippen LogP contribution in [-0.2, 0) is 9.59 Å². The molecule has 2 heteroatoms. The number of carbonyl (C=O) groups excluding carboxylic acids is 2. The van der Waals surface area contributed by atoms with Gasteiger partial charge in [-0.3, -0.25) is 4.79 Å². The first-order valence-electron chi connectivity index (χ1n) is 5.22. The van der Waals surface area contributed by atoms with E-state index < -0.39 is 0 Å². The summed E-state index contributed by atoms with van der Waals surface area (Å²) in [6, 6.07) is 0. The summed E-state index contributed by atoms with van der Waals surface area (Å²) in [5.74, 6) is 0.461. The van der Waals surface area contributed by atoms with E-state index in [4.69, 9.17) is 0 Å². The molecule has 76 valence electrons. The molecular formula is C11H20O2. The smallest absolute Gasteiger partial charge is 0.136 e. The first kappa shape index (κ1) is 12.3. The molecule has 0 fully saturated rings. The van der Waals surface area contributed by atoms with Gasteiger partial charge in [-0.2, -0.15) is 0 Å². The van der Waals surface area contributed by atoms with Crippen LogP contribution in [0.4, 0.5) is 0 Å². The summed E-state index contributed by atoms with van der Waals surface area (Å²) in [5, 5.41) is 0. The Labute approximate surface area is 80.7 Å². The van der Waals surface area contributed by atoms with E-state index in [9.17, 15) is 9.59 Å². The molecule has 13 heavy (non-hydrogen) atoms. The number of ketones is 1. The fourth-order valence-electron chi connectivity index (χ4n) is 1.45. The predicted molar refractivity (Wildman–Crippen MR) is 53.6 cm³/mol. The van der Waals surface area contributed by atoms with Crippen LogP contribution < -0.4 is 0 Å². The van der Waals surface area contributed by atoms with Crippen LogP contribution in [-0.4, -0.2) is 12.1 Å². The third kappa shape index (κ3) is 5.56. The van der Waals surface area contributed by atoms with E-state index in [1.54, 1.807) is 0 Å². The third-order valence-corrected chi connectivity index (χ3v) is 2.36. The lowest BCUT2D eigenvalue weighted by atomic mass is 9.92. The molecule has 0 saturated heterocycles. The first-order chi connectivity index (χ1) is 6.26. The van der Waals surface area contributed by atoms with Crippen molar-refractivity contribution in [3.63, 3.8) is 0 Å². The van der Waals surface area contributed by atoms with Crippen molar-refractivity contribution in [3.8, 4) is 0 Å². The number of rotatable bonds is 8. The molecule has 0 N–H and O–H groups in total. The first-order valence-corrected chi connectivity index (χ1v) is 5.22. The highest BCUT2D eigenvalue weighted by Crippen LogP contribution is 2.15. The lowest BCUT2D eigenvalue weighted by molar-refractivity contribution is -0.124. The molecule has 0 amide bonds. The molecule has 0 aliphatic carbocycles. The minimum Gasteiger partial charge on any atom is -0.303 e. The Morgan fingerprint density at radius 2 is 2.08 bits per heavy atom. The van der Waals surface area contributed by atoms with Crippen molar-refractivity contribution in [2.45, 2.75) is 52.4 Å². The van der Waals surface area contributed by atoms with E-state index in [0.717, 1.165) is 32.0 Å². The van der Waals surface area contributed by atoms with E-state index in [0.29, 0.717) is 12.8 Å². The molecule has 0 heterocycles. The molecule has 0 spiro atoms. The van der Waals surface area contributed by atoms with Crippen LogP contribution in [0.3, 0.4) is 0 Å². The maximum atomic E-state index is 11.5. The van der Waals surface area contributed by atoms with Crippen LogP contribution in [0.2, 0.25) is 0 Å². The van der Waals surface area contributed by atoms with E-state index in [1.165, 1.54) is 0 Å². The van der Waals surface area contributed by atoms with Gasteiger partial charge in [-0.05, 0) is 12.8 Å². The van der Waals surface area contributed by atoms with Crippen LogP contribution in [0, 0.1) is 5.92 Å². The molecule has 0 aliphatic rings. The minimum atomic E-state index is 0.194. The van der Waals surface area contributed by atoms with Crippen molar-refractivity contribution in [3.05, 3.63) is 0 Å². The lowest BCUT2D eigenvalue weighted by Crippen LogP contribution is -2.13. The van der Waals surface area contributed by atoms with Crippen LogP contribution in [0.25, 0.3) is 0 Å². The van der Waals surface area contributed by atoms with E-state index >= 15 is 0 Å². The van der Waals surface area contributed by atoms with Gasteiger partial charge in [0, 0.05) is 18.8 Å². The molecule has 0 radical (unpaired) electrons. The summed E-state index contributed by atoms with van der Waals surface area (Å²) in [5.41, 5.74) is 0. The van der Waals surface area contributed by atoms with Gasteiger partial charge in [-0.15, -0.1) is 0 Å². The molecule has 0 aliphatic heterocycles. The van der Waals surface area contributed by atoms with E-state index in [2.05, 4.69) is 6.92 Å². The van der Waals surface area contributed by atoms with Crippen molar-refractivity contribution in [1.82, 2.24) is 0 Å². The van der Waals surface area contributed by atoms with E-state index in [1.807, 2.05) is 6.92 Å². The maximum Gasteiger partial charge on any atom is 0.136 e. The SMILES string of the molecule is CCCCC(CC)C(=O)CCC=O. The summed E-state index contributed by atoms with van der Waals surface area (Å²) in [6.45, 7) is 4.17. The Bertz CT molecular complexity index is 152. The number of carbonyl (C=O) groups is 2. The average molecular weight is 184 g/mol. The lowest BCUT2D eigenvalue weighted by Gasteiger charge is -2.11. The molecule has 2 nitrogen and oxygen atoms in total. The van der Waals surface area contributed by atoms with Gasteiger partial charge in [0.15, 0.2) is 0 Å². The zero-order chi connectivity index (χ0) is 10.1. The molecular weight excluding hydrogens is 164 g/mol. The summed E-state index contributed by atoms with van der Waals surface area (Å²) in [6.07, 6.45) is 5.81. The fourth-order valence-corrected chi connectivity index (χ4v) is 1.45. The Morgan fingerprint density at radius 1 is 1.38 bits per heavy atom. The highest BCUT2D eigenvalue weighted by molar-refractivity contribution is 5.82. The fraction of sp³-hybridized carbons (Fsp3) is 0.818. The van der Waals surface area contributed by atoms with Gasteiger partial charge in [0.25, 0.3) is 0 Å². The topological polar surface area (TPSA) is 34.1 Å². The second-order valence-electron chi connectivity index (χ2n) is 3.42. The van der Waals surface area contributed by atoms with Gasteiger partial charge >= 0.3 is 0 Å². The second-order valence-corrected chi connectivity index (χ2v) is 3.42. The summed E-state index contributed by atoms with van der Waals surface area (Å²) < 4.78 is 0. The van der Waals surface area contributed by atoms with Gasteiger partial charge in [-0.25, -0.2) is 0 Å². The standard InChI is InChI=1S/C11H20O2/c1-3-5-7-10(4-2)11(13)8-6-9-12/h9-10H,3-8H2,1-2H3. The van der Waals surface area contributed by atoms with Gasteiger partial charge < -0.3 is 4.79 Å². The highest BCUT2D eigenvalue weighted by atomic mass is 16.1. The number of hydrogen-bond acceptors (Lipinski definition) is 2. The maximum absolute atomic E-state index is 11.5. The molecule has 1 atom stereocenters. The third-order valence-electron chi connectivity index (χ3n) is 2.36. The zero-order valence-electron chi connectivity index (χ0n) is 8.71. The van der Waals surface area contributed by atoms with Crippen molar-refractivity contribution in [2.75, 3.05) is 0 Å². The minimum absolute atomic E-state index is 0.194. The molecule has 0 aromatic heterocycles. The van der Waals surface area contributed by atoms with Crippen LogP contribution in [0.1, 0.15) is 52.4 Å². The van der Waals surface area contributed by atoms with E-state index in [-0.39, 0.29) is 11.7 Å². The monoisotopic (exact) mass is 184 g/mol. The van der Waals surface area contributed by atoms with Crippen molar-refractivity contribution in [2.24, 2.45) is 5.92 Å². The summed E-state index contributed by atoms with van der Waals surface area (Å²) >= 11 is 0. The van der Waals surface area contributed by atoms with Crippen LogP contribution >= 0.6 is 0 Å².